The van der Waals surface area contributed by atoms with Crippen LogP contribution >= 0.6 is 11.8 Å². The molecule has 1 aromatic rings. The molecular formula is C19H26N2O2S. The highest BCUT2D eigenvalue weighted by atomic mass is 32.2. The van der Waals surface area contributed by atoms with Gasteiger partial charge in [0.25, 0.3) is 0 Å². The third kappa shape index (κ3) is 3.46. The predicted octanol–water partition coefficient (Wildman–Crippen LogP) is 3.55. The Labute approximate surface area is 148 Å². The molecule has 3 rings (SSSR count). The Morgan fingerprint density at radius 3 is 2.50 bits per heavy atom. The number of anilines is 1. The molecule has 2 amide bonds. The first-order chi connectivity index (χ1) is 11.6. The minimum Gasteiger partial charge on any atom is -0.340 e. The zero-order valence-corrected chi connectivity index (χ0v) is 15.3. The van der Waals surface area contributed by atoms with Gasteiger partial charge in [-0.2, -0.15) is 0 Å². The largest absolute Gasteiger partial charge is 0.340 e. The van der Waals surface area contributed by atoms with Crippen molar-refractivity contribution in [1.29, 1.82) is 0 Å². The Morgan fingerprint density at radius 1 is 1.25 bits per heavy atom. The maximum absolute atomic E-state index is 12.9. The second-order valence-corrected chi connectivity index (χ2v) is 7.55. The molecule has 4 nitrogen and oxygen atoms in total. The molecule has 0 N–H and O–H groups in total. The Bertz CT molecular complexity index is 596. The van der Waals surface area contributed by atoms with Crippen molar-refractivity contribution in [3.8, 4) is 0 Å². The summed E-state index contributed by atoms with van der Waals surface area (Å²) in [6.45, 7) is 3.31. The molecule has 1 saturated heterocycles. The van der Waals surface area contributed by atoms with E-state index >= 15 is 0 Å². The third-order valence-electron chi connectivity index (χ3n) is 5.25. The third-order valence-corrected chi connectivity index (χ3v) is 5.99. The van der Waals surface area contributed by atoms with Crippen molar-refractivity contribution < 1.29 is 9.59 Å². The van der Waals surface area contributed by atoms with Gasteiger partial charge in [0.05, 0.1) is 5.92 Å². The molecule has 1 heterocycles. The lowest BCUT2D eigenvalue weighted by atomic mass is 10.1. The Hall–Kier alpha value is -1.49. The number of nitrogens with zero attached hydrogens (tertiary/aromatic N) is 2. The SMILES string of the molecule is CCN(C(=O)[C@@H]1CC(=O)N(c2ccc(SC)cc2)C1)C1CCCC1. The van der Waals surface area contributed by atoms with Crippen molar-refractivity contribution >= 4 is 29.3 Å². The van der Waals surface area contributed by atoms with Crippen LogP contribution in [0.15, 0.2) is 29.2 Å². The molecule has 1 saturated carbocycles. The molecule has 24 heavy (non-hydrogen) atoms. The summed E-state index contributed by atoms with van der Waals surface area (Å²) in [5.74, 6) is 0.0342. The lowest BCUT2D eigenvalue weighted by Crippen LogP contribution is -2.43. The molecule has 0 unspecified atom stereocenters. The van der Waals surface area contributed by atoms with E-state index in [1.54, 1.807) is 16.7 Å². The van der Waals surface area contributed by atoms with Gasteiger partial charge in [0.1, 0.15) is 0 Å². The van der Waals surface area contributed by atoms with Crippen LogP contribution in [-0.4, -0.2) is 42.1 Å². The van der Waals surface area contributed by atoms with Gasteiger partial charge in [0.15, 0.2) is 0 Å². The van der Waals surface area contributed by atoms with E-state index in [2.05, 4.69) is 0 Å². The number of amides is 2. The van der Waals surface area contributed by atoms with E-state index in [9.17, 15) is 9.59 Å². The van der Waals surface area contributed by atoms with Crippen molar-refractivity contribution in [1.82, 2.24) is 4.90 Å². The summed E-state index contributed by atoms with van der Waals surface area (Å²) in [6, 6.07) is 8.39. The van der Waals surface area contributed by atoms with E-state index in [-0.39, 0.29) is 17.7 Å². The zero-order valence-electron chi connectivity index (χ0n) is 14.5. The number of rotatable bonds is 5. The molecule has 1 atom stereocenters. The highest BCUT2D eigenvalue weighted by Gasteiger charge is 2.38. The Kier molecular flexibility index (Phi) is 5.49. The molecule has 0 aromatic heterocycles. The van der Waals surface area contributed by atoms with Crippen LogP contribution in [0.3, 0.4) is 0 Å². The van der Waals surface area contributed by atoms with Gasteiger partial charge in [0.2, 0.25) is 11.8 Å². The molecule has 0 spiro atoms. The molecule has 1 aliphatic heterocycles. The standard InChI is InChI=1S/C19H26N2O2S/c1-3-20(15-6-4-5-7-15)19(23)14-12-18(22)21(13-14)16-8-10-17(24-2)11-9-16/h8-11,14-15H,3-7,12-13H2,1-2H3/t14-/m1/s1. The zero-order chi connectivity index (χ0) is 17.1. The molecule has 1 aliphatic carbocycles. The topological polar surface area (TPSA) is 40.6 Å². The summed E-state index contributed by atoms with van der Waals surface area (Å²) in [6.07, 6.45) is 7.03. The average Bonchev–Trinajstić information content (AvgIpc) is 3.25. The smallest absolute Gasteiger partial charge is 0.228 e. The molecule has 130 valence electrons. The Morgan fingerprint density at radius 2 is 1.92 bits per heavy atom. The molecule has 1 aromatic carbocycles. The number of carbonyl (C=O) groups is 2. The van der Waals surface area contributed by atoms with E-state index in [1.165, 1.54) is 17.7 Å². The molecule has 0 bridgehead atoms. The first-order valence-electron chi connectivity index (χ1n) is 8.89. The maximum Gasteiger partial charge on any atom is 0.228 e. The fraction of sp³-hybridized carbons (Fsp3) is 0.579. The van der Waals surface area contributed by atoms with Gasteiger partial charge in [-0.3, -0.25) is 9.59 Å². The lowest BCUT2D eigenvalue weighted by Gasteiger charge is -2.30. The number of thioether (sulfide) groups is 1. The molecule has 0 radical (unpaired) electrons. The summed E-state index contributed by atoms with van der Waals surface area (Å²) in [5.41, 5.74) is 0.900. The second-order valence-electron chi connectivity index (χ2n) is 6.67. The van der Waals surface area contributed by atoms with E-state index in [4.69, 9.17) is 0 Å². The molecule has 2 fully saturated rings. The van der Waals surface area contributed by atoms with Crippen molar-refractivity contribution in [3.05, 3.63) is 24.3 Å². The van der Waals surface area contributed by atoms with Crippen LogP contribution in [0.1, 0.15) is 39.0 Å². The summed E-state index contributed by atoms with van der Waals surface area (Å²) in [5, 5.41) is 0. The number of hydrogen-bond donors (Lipinski definition) is 0. The highest BCUT2D eigenvalue weighted by Crippen LogP contribution is 2.30. The first kappa shape index (κ1) is 17.3. The Balaban J connectivity index is 1.69. The summed E-state index contributed by atoms with van der Waals surface area (Å²) >= 11 is 1.68. The van der Waals surface area contributed by atoms with Crippen LogP contribution in [0.2, 0.25) is 0 Å². The first-order valence-corrected chi connectivity index (χ1v) is 10.1. The van der Waals surface area contributed by atoms with Crippen molar-refractivity contribution in [2.24, 2.45) is 5.92 Å². The lowest BCUT2D eigenvalue weighted by molar-refractivity contribution is -0.137. The minimum absolute atomic E-state index is 0.0627. The van der Waals surface area contributed by atoms with Crippen LogP contribution in [0.5, 0.6) is 0 Å². The second kappa shape index (κ2) is 7.60. The molecule has 2 aliphatic rings. The van der Waals surface area contributed by atoms with Crippen LogP contribution in [0.25, 0.3) is 0 Å². The van der Waals surface area contributed by atoms with E-state index in [0.29, 0.717) is 19.0 Å². The van der Waals surface area contributed by atoms with Gasteiger partial charge in [-0.1, -0.05) is 12.8 Å². The predicted molar refractivity (Wildman–Crippen MR) is 98.3 cm³/mol. The van der Waals surface area contributed by atoms with Gasteiger partial charge in [-0.25, -0.2) is 0 Å². The summed E-state index contributed by atoms with van der Waals surface area (Å²) < 4.78 is 0. The fourth-order valence-corrected chi connectivity index (χ4v) is 4.34. The average molecular weight is 346 g/mol. The van der Waals surface area contributed by atoms with Gasteiger partial charge in [0, 0.05) is 36.1 Å². The van der Waals surface area contributed by atoms with Crippen LogP contribution in [0, 0.1) is 5.92 Å². The quantitative estimate of drug-likeness (QED) is 0.766. The van der Waals surface area contributed by atoms with Gasteiger partial charge >= 0.3 is 0 Å². The van der Waals surface area contributed by atoms with Gasteiger partial charge in [-0.05, 0) is 50.3 Å². The molecular weight excluding hydrogens is 320 g/mol. The summed E-state index contributed by atoms with van der Waals surface area (Å²) in [4.78, 5) is 30.3. The van der Waals surface area contributed by atoms with Gasteiger partial charge < -0.3 is 9.80 Å². The van der Waals surface area contributed by atoms with Crippen molar-refractivity contribution in [2.45, 2.75) is 50.0 Å². The van der Waals surface area contributed by atoms with E-state index in [0.717, 1.165) is 25.1 Å². The number of carbonyl (C=O) groups excluding carboxylic acids is 2. The number of benzene rings is 1. The monoisotopic (exact) mass is 346 g/mol. The van der Waals surface area contributed by atoms with Gasteiger partial charge in [-0.15, -0.1) is 11.8 Å². The maximum atomic E-state index is 12.9. The molecule has 5 heteroatoms. The fourth-order valence-electron chi connectivity index (χ4n) is 3.93. The van der Waals surface area contributed by atoms with E-state index < -0.39 is 0 Å². The number of hydrogen-bond acceptors (Lipinski definition) is 3. The van der Waals surface area contributed by atoms with Crippen LogP contribution in [-0.2, 0) is 9.59 Å². The van der Waals surface area contributed by atoms with Crippen LogP contribution < -0.4 is 4.90 Å². The van der Waals surface area contributed by atoms with Crippen molar-refractivity contribution in [3.63, 3.8) is 0 Å². The van der Waals surface area contributed by atoms with Crippen molar-refractivity contribution in [2.75, 3.05) is 24.2 Å². The van der Waals surface area contributed by atoms with E-state index in [1.807, 2.05) is 42.3 Å². The highest BCUT2D eigenvalue weighted by molar-refractivity contribution is 7.98. The van der Waals surface area contributed by atoms with Crippen LogP contribution in [0.4, 0.5) is 5.69 Å². The normalized spacial score (nSPS) is 21.5. The minimum atomic E-state index is -0.196. The summed E-state index contributed by atoms with van der Waals surface area (Å²) in [7, 11) is 0.